The van der Waals surface area contributed by atoms with Crippen molar-refractivity contribution in [2.24, 2.45) is 0 Å². The lowest BCUT2D eigenvalue weighted by molar-refractivity contribution is -0.384. The first kappa shape index (κ1) is 14.5. The molecule has 0 aliphatic carbocycles. The molecule has 1 N–H and O–H groups in total. The SMILES string of the molecule is COc1cccc(C(=O)Nc2ccc(C)cc2[N+](=O)[O-])c1. The number of hydrogen-bond donors (Lipinski definition) is 1. The fraction of sp³-hybridized carbons (Fsp3) is 0.133. The molecular weight excluding hydrogens is 272 g/mol. The smallest absolute Gasteiger partial charge is 0.293 e. The number of amides is 1. The van der Waals surface area contributed by atoms with Gasteiger partial charge in [0.05, 0.1) is 12.0 Å². The molecule has 6 nitrogen and oxygen atoms in total. The second kappa shape index (κ2) is 6.04. The van der Waals surface area contributed by atoms with Crippen LogP contribution < -0.4 is 10.1 Å². The Labute approximate surface area is 121 Å². The molecule has 2 aromatic carbocycles. The Morgan fingerprint density at radius 2 is 2.00 bits per heavy atom. The zero-order valence-electron chi connectivity index (χ0n) is 11.6. The van der Waals surface area contributed by atoms with E-state index in [4.69, 9.17) is 4.74 Å². The molecule has 108 valence electrons. The number of carbonyl (C=O) groups is 1. The van der Waals surface area contributed by atoms with Crippen LogP contribution >= 0.6 is 0 Å². The molecule has 0 saturated heterocycles. The molecular formula is C15H14N2O4. The average molecular weight is 286 g/mol. The summed E-state index contributed by atoms with van der Waals surface area (Å²) in [5.74, 6) is 0.113. The second-order valence-corrected chi connectivity index (χ2v) is 4.46. The number of nitrogens with one attached hydrogen (secondary N) is 1. The number of ether oxygens (including phenoxy) is 1. The molecule has 0 unspecified atom stereocenters. The Morgan fingerprint density at radius 3 is 2.67 bits per heavy atom. The maximum absolute atomic E-state index is 12.2. The van der Waals surface area contributed by atoms with Gasteiger partial charge in [-0.2, -0.15) is 0 Å². The third kappa shape index (κ3) is 3.36. The van der Waals surface area contributed by atoms with E-state index in [2.05, 4.69) is 5.32 Å². The summed E-state index contributed by atoms with van der Waals surface area (Å²) in [7, 11) is 1.50. The zero-order valence-corrected chi connectivity index (χ0v) is 11.6. The number of rotatable bonds is 4. The number of nitro groups is 1. The van der Waals surface area contributed by atoms with Gasteiger partial charge in [-0.25, -0.2) is 0 Å². The molecule has 21 heavy (non-hydrogen) atoms. The summed E-state index contributed by atoms with van der Waals surface area (Å²) in [6.07, 6.45) is 0. The van der Waals surface area contributed by atoms with Crippen molar-refractivity contribution in [3.8, 4) is 5.75 Å². The predicted molar refractivity (Wildman–Crippen MR) is 78.8 cm³/mol. The molecule has 1 amide bonds. The lowest BCUT2D eigenvalue weighted by Gasteiger charge is -2.07. The van der Waals surface area contributed by atoms with Gasteiger partial charge in [0, 0.05) is 11.6 Å². The number of hydrogen-bond acceptors (Lipinski definition) is 4. The van der Waals surface area contributed by atoms with Crippen LogP contribution in [0.2, 0.25) is 0 Å². The highest BCUT2D eigenvalue weighted by Crippen LogP contribution is 2.26. The summed E-state index contributed by atoms with van der Waals surface area (Å²) in [5.41, 5.74) is 1.15. The maximum atomic E-state index is 12.2. The number of nitro benzene ring substituents is 1. The van der Waals surface area contributed by atoms with E-state index < -0.39 is 10.8 Å². The number of carbonyl (C=O) groups excluding carboxylic acids is 1. The Bertz CT molecular complexity index is 698. The van der Waals surface area contributed by atoms with Crippen LogP contribution in [0.3, 0.4) is 0 Å². The zero-order chi connectivity index (χ0) is 15.4. The summed E-state index contributed by atoms with van der Waals surface area (Å²) in [6, 6.07) is 11.2. The lowest BCUT2D eigenvalue weighted by atomic mass is 10.1. The van der Waals surface area contributed by atoms with Gasteiger partial charge in [0.25, 0.3) is 11.6 Å². The fourth-order valence-electron chi connectivity index (χ4n) is 1.86. The van der Waals surface area contributed by atoms with Gasteiger partial charge in [0.1, 0.15) is 11.4 Å². The summed E-state index contributed by atoms with van der Waals surface area (Å²) in [5, 5.41) is 13.6. The van der Waals surface area contributed by atoms with Gasteiger partial charge in [-0.05, 0) is 36.8 Å². The standard InChI is InChI=1S/C15H14N2O4/c1-10-6-7-13(14(8-10)17(19)20)16-15(18)11-4-3-5-12(9-11)21-2/h3-9H,1-2H3,(H,16,18). The van der Waals surface area contributed by atoms with E-state index in [-0.39, 0.29) is 11.4 Å². The molecule has 0 saturated carbocycles. The van der Waals surface area contributed by atoms with Crippen LogP contribution in [0.25, 0.3) is 0 Å². The number of aryl methyl sites for hydroxylation is 1. The molecule has 0 atom stereocenters. The Kier molecular flexibility index (Phi) is 4.18. The van der Waals surface area contributed by atoms with Gasteiger partial charge < -0.3 is 10.1 Å². The molecule has 0 aliphatic rings. The van der Waals surface area contributed by atoms with Crippen LogP contribution in [0.1, 0.15) is 15.9 Å². The highest BCUT2D eigenvalue weighted by molar-refractivity contribution is 6.05. The Balaban J connectivity index is 2.29. The van der Waals surface area contributed by atoms with Gasteiger partial charge in [0.2, 0.25) is 0 Å². The third-order valence-electron chi connectivity index (χ3n) is 2.93. The van der Waals surface area contributed by atoms with Gasteiger partial charge in [-0.3, -0.25) is 14.9 Å². The largest absolute Gasteiger partial charge is 0.497 e. The van der Waals surface area contributed by atoms with Gasteiger partial charge in [-0.1, -0.05) is 12.1 Å². The minimum Gasteiger partial charge on any atom is -0.497 e. The average Bonchev–Trinajstić information content (AvgIpc) is 2.48. The van der Waals surface area contributed by atoms with E-state index in [9.17, 15) is 14.9 Å². The first-order chi connectivity index (χ1) is 10.0. The number of anilines is 1. The van der Waals surface area contributed by atoms with E-state index >= 15 is 0 Å². The van der Waals surface area contributed by atoms with Crippen molar-refractivity contribution in [2.45, 2.75) is 6.92 Å². The van der Waals surface area contributed by atoms with E-state index in [0.717, 1.165) is 5.56 Å². The van der Waals surface area contributed by atoms with Crippen LogP contribution in [-0.4, -0.2) is 17.9 Å². The summed E-state index contributed by atoms with van der Waals surface area (Å²) in [6.45, 7) is 1.75. The van der Waals surface area contributed by atoms with Crippen molar-refractivity contribution in [3.63, 3.8) is 0 Å². The van der Waals surface area contributed by atoms with Crippen molar-refractivity contribution >= 4 is 17.3 Å². The third-order valence-corrected chi connectivity index (χ3v) is 2.93. The molecule has 2 rings (SSSR count). The molecule has 0 spiro atoms. The van der Waals surface area contributed by atoms with Gasteiger partial charge in [-0.15, -0.1) is 0 Å². The summed E-state index contributed by atoms with van der Waals surface area (Å²) >= 11 is 0. The van der Waals surface area contributed by atoms with Gasteiger partial charge in [0.15, 0.2) is 0 Å². The molecule has 0 bridgehead atoms. The molecule has 2 aromatic rings. The molecule has 0 radical (unpaired) electrons. The van der Waals surface area contributed by atoms with Crippen LogP contribution in [0.4, 0.5) is 11.4 Å². The topological polar surface area (TPSA) is 81.5 Å². The minimum atomic E-state index is -0.520. The van der Waals surface area contributed by atoms with Gasteiger partial charge >= 0.3 is 0 Å². The quantitative estimate of drug-likeness (QED) is 0.691. The molecule has 0 fully saturated rings. The molecule has 0 heterocycles. The predicted octanol–water partition coefficient (Wildman–Crippen LogP) is 3.16. The van der Waals surface area contributed by atoms with Crippen molar-refractivity contribution in [2.75, 3.05) is 12.4 Å². The lowest BCUT2D eigenvalue weighted by Crippen LogP contribution is -2.13. The van der Waals surface area contributed by atoms with Crippen LogP contribution in [0.15, 0.2) is 42.5 Å². The monoisotopic (exact) mass is 286 g/mol. The maximum Gasteiger partial charge on any atom is 0.293 e. The fourth-order valence-corrected chi connectivity index (χ4v) is 1.86. The first-order valence-electron chi connectivity index (χ1n) is 6.21. The van der Waals surface area contributed by atoms with Crippen molar-refractivity contribution in [1.82, 2.24) is 0 Å². The Morgan fingerprint density at radius 1 is 1.24 bits per heavy atom. The normalized spacial score (nSPS) is 10.0. The number of benzene rings is 2. The Hall–Kier alpha value is -2.89. The van der Waals surface area contributed by atoms with Crippen molar-refractivity contribution in [1.29, 1.82) is 0 Å². The van der Waals surface area contributed by atoms with Crippen molar-refractivity contribution < 1.29 is 14.5 Å². The number of methoxy groups -OCH3 is 1. The molecule has 0 aromatic heterocycles. The number of nitrogens with zero attached hydrogens (tertiary/aromatic N) is 1. The van der Waals surface area contributed by atoms with E-state index in [0.29, 0.717) is 11.3 Å². The second-order valence-electron chi connectivity index (χ2n) is 4.46. The molecule has 0 aliphatic heterocycles. The van der Waals surface area contributed by atoms with Crippen LogP contribution in [0, 0.1) is 17.0 Å². The summed E-state index contributed by atoms with van der Waals surface area (Å²) in [4.78, 5) is 22.7. The van der Waals surface area contributed by atoms with Crippen LogP contribution in [0.5, 0.6) is 5.75 Å². The van der Waals surface area contributed by atoms with Crippen LogP contribution in [-0.2, 0) is 0 Å². The first-order valence-corrected chi connectivity index (χ1v) is 6.21. The van der Waals surface area contributed by atoms with E-state index in [1.54, 1.807) is 37.3 Å². The molecule has 6 heteroatoms. The highest BCUT2D eigenvalue weighted by atomic mass is 16.6. The highest BCUT2D eigenvalue weighted by Gasteiger charge is 2.17. The van der Waals surface area contributed by atoms with E-state index in [1.165, 1.54) is 19.2 Å². The minimum absolute atomic E-state index is 0.133. The van der Waals surface area contributed by atoms with Crippen molar-refractivity contribution in [3.05, 3.63) is 63.7 Å². The van der Waals surface area contributed by atoms with E-state index in [1.807, 2.05) is 0 Å². The summed E-state index contributed by atoms with van der Waals surface area (Å²) < 4.78 is 5.04.